The lowest BCUT2D eigenvalue weighted by atomic mass is 9.91. The van der Waals surface area contributed by atoms with E-state index in [1.54, 1.807) is 18.3 Å². The third-order valence-corrected chi connectivity index (χ3v) is 4.52. The van der Waals surface area contributed by atoms with Crippen molar-refractivity contribution in [1.82, 2.24) is 9.88 Å². The van der Waals surface area contributed by atoms with E-state index in [1.807, 2.05) is 12.1 Å². The summed E-state index contributed by atoms with van der Waals surface area (Å²) in [4.78, 5) is 6.79. The summed E-state index contributed by atoms with van der Waals surface area (Å²) in [5.41, 5.74) is 7.87. The highest BCUT2D eigenvalue weighted by Gasteiger charge is 2.22. The predicted molar refractivity (Wildman–Crippen MR) is 83.4 cm³/mol. The second-order valence-corrected chi connectivity index (χ2v) is 6.11. The van der Waals surface area contributed by atoms with Gasteiger partial charge in [0, 0.05) is 24.2 Å². The van der Waals surface area contributed by atoms with E-state index in [0.717, 1.165) is 48.9 Å². The van der Waals surface area contributed by atoms with Gasteiger partial charge in [-0.25, -0.2) is 4.39 Å². The zero-order valence-corrected chi connectivity index (χ0v) is 12.4. The van der Waals surface area contributed by atoms with Crippen LogP contribution in [-0.4, -0.2) is 29.0 Å². The van der Waals surface area contributed by atoms with Gasteiger partial charge in [-0.1, -0.05) is 6.07 Å². The van der Waals surface area contributed by atoms with Crippen LogP contribution in [0.3, 0.4) is 0 Å². The second kappa shape index (κ2) is 6.08. The van der Waals surface area contributed by atoms with Crippen molar-refractivity contribution in [3.05, 3.63) is 41.8 Å². The Morgan fingerprint density at radius 2 is 2.14 bits per heavy atom. The lowest BCUT2D eigenvalue weighted by Crippen LogP contribution is -2.39. The number of hydrogen-bond donors (Lipinski definition) is 1. The highest BCUT2D eigenvalue weighted by atomic mass is 19.1. The number of pyridine rings is 1. The summed E-state index contributed by atoms with van der Waals surface area (Å²) >= 11 is 0. The Morgan fingerprint density at radius 3 is 2.86 bits per heavy atom. The summed E-state index contributed by atoms with van der Waals surface area (Å²) < 4.78 is 13.8. The van der Waals surface area contributed by atoms with E-state index in [0.29, 0.717) is 5.92 Å². The molecule has 3 rings (SSSR count). The molecule has 1 aromatic carbocycles. The van der Waals surface area contributed by atoms with Crippen LogP contribution in [0.4, 0.5) is 4.39 Å². The lowest BCUT2D eigenvalue weighted by molar-refractivity contribution is 0.166. The van der Waals surface area contributed by atoms with Crippen molar-refractivity contribution in [3.63, 3.8) is 0 Å². The number of nitrogens with two attached hydrogens (primary N) is 1. The quantitative estimate of drug-likeness (QED) is 0.943. The van der Waals surface area contributed by atoms with Crippen LogP contribution < -0.4 is 5.73 Å². The van der Waals surface area contributed by atoms with Crippen molar-refractivity contribution in [2.75, 3.05) is 13.1 Å². The molecule has 2 aromatic rings. The first kappa shape index (κ1) is 14.4. The average molecular weight is 287 g/mol. The molecule has 4 heteroatoms. The molecule has 0 spiro atoms. The summed E-state index contributed by atoms with van der Waals surface area (Å²) in [5, 5.41) is 0.873. The normalized spacial score (nSPS) is 19.0. The molecule has 1 unspecified atom stereocenters. The molecule has 0 aliphatic carbocycles. The van der Waals surface area contributed by atoms with E-state index in [9.17, 15) is 4.39 Å². The van der Waals surface area contributed by atoms with Crippen LogP contribution in [0.15, 0.2) is 30.5 Å². The Morgan fingerprint density at radius 1 is 1.38 bits per heavy atom. The molecule has 1 aliphatic heterocycles. The number of rotatable bonds is 3. The summed E-state index contributed by atoms with van der Waals surface area (Å²) in [7, 11) is 0. The number of halogens is 1. The number of aromatic nitrogens is 1. The van der Waals surface area contributed by atoms with Crippen LogP contribution in [0.1, 0.15) is 25.3 Å². The van der Waals surface area contributed by atoms with Crippen molar-refractivity contribution < 1.29 is 4.39 Å². The number of hydrogen-bond acceptors (Lipinski definition) is 3. The minimum Gasteiger partial charge on any atom is -0.328 e. The van der Waals surface area contributed by atoms with Crippen LogP contribution in [0.5, 0.6) is 0 Å². The SMILES string of the molecule is CC(N)C1CCN(Cc2cc(F)cc3cccnc23)CC1. The molecule has 1 aromatic heterocycles. The molecule has 3 nitrogen and oxygen atoms in total. The number of fused-ring (bicyclic) bond motifs is 1. The van der Waals surface area contributed by atoms with Crippen molar-refractivity contribution in [2.24, 2.45) is 11.7 Å². The van der Waals surface area contributed by atoms with Gasteiger partial charge in [-0.05, 0) is 62.5 Å². The molecule has 0 amide bonds. The number of nitrogens with zero attached hydrogens (tertiary/aromatic N) is 2. The van der Waals surface area contributed by atoms with Crippen LogP contribution in [-0.2, 0) is 6.54 Å². The van der Waals surface area contributed by atoms with Gasteiger partial charge in [0.25, 0.3) is 0 Å². The third-order valence-electron chi connectivity index (χ3n) is 4.52. The Bertz CT molecular complexity index is 618. The van der Waals surface area contributed by atoms with Gasteiger partial charge in [0.15, 0.2) is 0 Å². The first-order valence-corrected chi connectivity index (χ1v) is 7.64. The smallest absolute Gasteiger partial charge is 0.124 e. The van der Waals surface area contributed by atoms with Gasteiger partial charge in [-0.3, -0.25) is 9.88 Å². The second-order valence-electron chi connectivity index (χ2n) is 6.11. The van der Waals surface area contributed by atoms with E-state index >= 15 is 0 Å². The topological polar surface area (TPSA) is 42.1 Å². The molecule has 0 radical (unpaired) electrons. The van der Waals surface area contributed by atoms with E-state index in [1.165, 1.54) is 0 Å². The number of piperidine rings is 1. The number of likely N-dealkylation sites (tertiary alicyclic amines) is 1. The molecule has 1 fully saturated rings. The predicted octanol–water partition coefficient (Wildman–Crippen LogP) is 2.93. The van der Waals surface area contributed by atoms with Gasteiger partial charge in [-0.15, -0.1) is 0 Å². The molecule has 112 valence electrons. The fraction of sp³-hybridized carbons (Fsp3) is 0.471. The molecule has 21 heavy (non-hydrogen) atoms. The summed E-state index contributed by atoms with van der Waals surface area (Å²) in [6, 6.07) is 7.20. The monoisotopic (exact) mass is 287 g/mol. The maximum Gasteiger partial charge on any atom is 0.124 e. The van der Waals surface area contributed by atoms with Gasteiger partial charge < -0.3 is 5.73 Å². The molecule has 0 bridgehead atoms. The number of benzene rings is 1. The zero-order valence-electron chi connectivity index (χ0n) is 12.4. The Hall–Kier alpha value is -1.52. The van der Waals surface area contributed by atoms with Crippen LogP contribution >= 0.6 is 0 Å². The first-order chi connectivity index (χ1) is 10.1. The summed E-state index contributed by atoms with van der Waals surface area (Å²) in [5.74, 6) is 0.430. The van der Waals surface area contributed by atoms with Gasteiger partial charge >= 0.3 is 0 Å². The van der Waals surface area contributed by atoms with Gasteiger partial charge in [0.1, 0.15) is 5.82 Å². The third kappa shape index (κ3) is 3.22. The van der Waals surface area contributed by atoms with E-state index < -0.39 is 0 Å². The molecular weight excluding hydrogens is 265 g/mol. The standard InChI is InChI=1S/C17H22FN3/c1-12(19)13-4-7-21(8-5-13)11-15-10-16(18)9-14-3-2-6-20-17(14)15/h2-3,6,9-10,12-13H,4-5,7-8,11,19H2,1H3. The fourth-order valence-corrected chi connectivity index (χ4v) is 3.23. The molecule has 1 aliphatic rings. The highest BCUT2D eigenvalue weighted by molar-refractivity contribution is 5.81. The minimum absolute atomic E-state index is 0.184. The largest absolute Gasteiger partial charge is 0.328 e. The molecule has 2 heterocycles. The van der Waals surface area contributed by atoms with Crippen molar-refractivity contribution in [2.45, 2.75) is 32.4 Å². The van der Waals surface area contributed by atoms with Gasteiger partial charge in [0.2, 0.25) is 0 Å². The molecular formula is C17H22FN3. The maximum absolute atomic E-state index is 13.8. The molecule has 1 saturated heterocycles. The van der Waals surface area contributed by atoms with Crippen LogP contribution in [0.25, 0.3) is 10.9 Å². The van der Waals surface area contributed by atoms with Crippen LogP contribution in [0, 0.1) is 11.7 Å². The zero-order chi connectivity index (χ0) is 14.8. The van der Waals surface area contributed by atoms with Crippen molar-refractivity contribution >= 4 is 10.9 Å². The first-order valence-electron chi connectivity index (χ1n) is 7.64. The lowest BCUT2D eigenvalue weighted by Gasteiger charge is -2.33. The van der Waals surface area contributed by atoms with E-state index in [2.05, 4.69) is 16.8 Å². The van der Waals surface area contributed by atoms with E-state index in [4.69, 9.17) is 5.73 Å². The van der Waals surface area contributed by atoms with Gasteiger partial charge in [0.05, 0.1) is 5.52 Å². The fourth-order valence-electron chi connectivity index (χ4n) is 3.23. The Balaban J connectivity index is 1.77. The maximum atomic E-state index is 13.8. The highest BCUT2D eigenvalue weighted by Crippen LogP contribution is 2.24. The van der Waals surface area contributed by atoms with Crippen LogP contribution in [0.2, 0.25) is 0 Å². The average Bonchev–Trinajstić information content (AvgIpc) is 2.47. The summed E-state index contributed by atoms with van der Waals surface area (Å²) in [6.07, 6.45) is 4.02. The minimum atomic E-state index is -0.184. The van der Waals surface area contributed by atoms with Crippen molar-refractivity contribution in [3.8, 4) is 0 Å². The molecule has 1 atom stereocenters. The van der Waals surface area contributed by atoms with E-state index in [-0.39, 0.29) is 11.9 Å². The van der Waals surface area contributed by atoms with Gasteiger partial charge in [-0.2, -0.15) is 0 Å². The van der Waals surface area contributed by atoms with Crippen molar-refractivity contribution in [1.29, 1.82) is 0 Å². The molecule has 0 saturated carbocycles. The molecule has 2 N–H and O–H groups in total. The summed E-state index contributed by atoms with van der Waals surface area (Å²) in [6.45, 7) is 4.90. The Labute approximate surface area is 125 Å². The Kier molecular flexibility index (Phi) is 4.17.